The summed E-state index contributed by atoms with van der Waals surface area (Å²) in [7, 11) is 0. The Morgan fingerprint density at radius 3 is 2.89 bits per heavy atom. The van der Waals surface area contributed by atoms with Crippen LogP contribution in [0.1, 0.15) is 28.3 Å². The molecule has 2 heterocycles. The van der Waals surface area contributed by atoms with E-state index in [1.807, 2.05) is 24.6 Å². The Morgan fingerprint density at radius 1 is 1.53 bits per heavy atom. The molecule has 0 aliphatic carbocycles. The predicted octanol–water partition coefficient (Wildman–Crippen LogP) is 1.65. The highest BCUT2D eigenvalue weighted by atomic mass is 127. The van der Waals surface area contributed by atoms with E-state index in [0.717, 1.165) is 27.9 Å². The van der Waals surface area contributed by atoms with E-state index in [9.17, 15) is 4.79 Å². The van der Waals surface area contributed by atoms with Gasteiger partial charge in [0.1, 0.15) is 5.69 Å². The number of nitrogens with zero attached hydrogens (tertiary/aromatic N) is 3. The topological polar surface area (TPSA) is 75.6 Å². The minimum Gasteiger partial charge on any atom is -0.351 e. The number of aromatic nitrogens is 4. The van der Waals surface area contributed by atoms with E-state index >= 15 is 0 Å². The number of rotatable bonds is 5. The van der Waals surface area contributed by atoms with Crippen molar-refractivity contribution >= 4 is 28.5 Å². The largest absolute Gasteiger partial charge is 0.351 e. The van der Waals surface area contributed by atoms with Gasteiger partial charge in [-0.15, -0.1) is 0 Å². The normalized spacial score (nSPS) is 10.7. The van der Waals surface area contributed by atoms with E-state index in [1.54, 1.807) is 6.20 Å². The standard InChI is InChI=1S/C12H16IN5O/c1-8-6-9(2)18(17-8)5-3-4-14-12(19)11-10(13)7-15-16-11/h6-7H,3-5H2,1-2H3,(H,14,19)(H,15,16). The Morgan fingerprint density at radius 2 is 2.32 bits per heavy atom. The Hall–Kier alpha value is -1.38. The fourth-order valence-electron chi connectivity index (χ4n) is 1.85. The smallest absolute Gasteiger partial charge is 0.270 e. The molecule has 19 heavy (non-hydrogen) atoms. The SMILES string of the molecule is Cc1cc(C)n(CCCNC(=O)c2[nH]ncc2I)n1. The van der Waals surface area contributed by atoms with Crippen molar-refractivity contribution < 1.29 is 4.79 Å². The minimum atomic E-state index is -0.115. The molecule has 0 unspecified atom stereocenters. The molecule has 6 nitrogen and oxygen atoms in total. The summed E-state index contributed by atoms with van der Waals surface area (Å²) in [5, 5.41) is 13.8. The summed E-state index contributed by atoms with van der Waals surface area (Å²) in [4.78, 5) is 11.8. The van der Waals surface area contributed by atoms with E-state index in [1.165, 1.54) is 0 Å². The van der Waals surface area contributed by atoms with Gasteiger partial charge in [-0.3, -0.25) is 14.6 Å². The number of H-pyrrole nitrogens is 1. The van der Waals surface area contributed by atoms with E-state index in [-0.39, 0.29) is 5.91 Å². The molecule has 0 aliphatic rings. The minimum absolute atomic E-state index is 0.115. The second-order valence-electron chi connectivity index (χ2n) is 4.35. The van der Waals surface area contributed by atoms with Crippen molar-refractivity contribution in [1.29, 1.82) is 0 Å². The zero-order chi connectivity index (χ0) is 13.8. The molecule has 2 aromatic rings. The van der Waals surface area contributed by atoms with Gasteiger partial charge >= 0.3 is 0 Å². The van der Waals surface area contributed by atoms with Crippen LogP contribution in [0.25, 0.3) is 0 Å². The Labute approximate surface area is 125 Å². The molecule has 1 amide bonds. The highest BCUT2D eigenvalue weighted by Crippen LogP contribution is 2.07. The lowest BCUT2D eigenvalue weighted by Gasteiger charge is -2.06. The highest BCUT2D eigenvalue weighted by molar-refractivity contribution is 14.1. The van der Waals surface area contributed by atoms with E-state index in [4.69, 9.17) is 0 Å². The predicted molar refractivity (Wildman–Crippen MR) is 80.0 cm³/mol. The third-order valence-corrected chi connectivity index (χ3v) is 3.57. The van der Waals surface area contributed by atoms with Crippen molar-refractivity contribution in [1.82, 2.24) is 25.3 Å². The summed E-state index contributed by atoms with van der Waals surface area (Å²) in [6.45, 7) is 5.43. The summed E-state index contributed by atoms with van der Waals surface area (Å²) >= 11 is 2.08. The highest BCUT2D eigenvalue weighted by Gasteiger charge is 2.10. The van der Waals surface area contributed by atoms with Gasteiger partial charge in [0, 0.05) is 18.8 Å². The van der Waals surface area contributed by atoms with Crippen LogP contribution in [0.15, 0.2) is 12.3 Å². The molecule has 0 bridgehead atoms. The molecule has 0 saturated carbocycles. The van der Waals surface area contributed by atoms with Crippen molar-refractivity contribution in [2.24, 2.45) is 0 Å². The maximum atomic E-state index is 11.8. The van der Waals surface area contributed by atoms with E-state index < -0.39 is 0 Å². The van der Waals surface area contributed by atoms with Crippen LogP contribution in [0.2, 0.25) is 0 Å². The van der Waals surface area contributed by atoms with Crippen molar-refractivity contribution in [3.8, 4) is 0 Å². The van der Waals surface area contributed by atoms with Crippen LogP contribution >= 0.6 is 22.6 Å². The number of hydrogen-bond acceptors (Lipinski definition) is 3. The summed E-state index contributed by atoms with van der Waals surface area (Å²) in [5.41, 5.74) is 2.69. The van der Waals surface area contributed by atoms with Gasteiger partial charge in [-0.05, 0) is 48.9 Å². The van der Waals surface area contributed by atoms with Crippen molar-refractivity contribution in [2.45, 2.75) is 26.8 Å². The number of amides is 1. The van der Waals surface area contributed by atoms with Gasteiger partial charge in [-0.25, -0.2) is 0 Å². The molecule has 0 saturated heterocycles. The molecule has 0 fully saturated rings. The molecule has 0 atom stereocenters. The third-order valence-electron chi connectivity index (χ3n) is 2.76. The Balaban J connectivity index is 1.77. The monoisotopic (exact) mass is 373 g/mol. The van der Waals surface area contributed by atoms with Crippen LogP contribution in [0.4, 0.5) is 0 Å². The number of carbonyl (C=O) groups is 1. The van der Waals surface area contributed by atoms with Crippen LogP contribution < -0.4 is 5.32 Å². The molecular formula is C12H16IN5O. The lowest BCUT2D eigenvalue weighted by molar-refractivity contribution is 0.0946. The molecule has 2 aromatic heterocycles. The first-order chi connectivity index (χ1) is 9.08. The molecule has 102 valence electrons. The van der Waals surface area contributed by atoms with Crippen molar-refractivity contribution in [2.75, 3.05) is 6.54 Å². The Kier molecular flexibility index (Phi) is 4.56. The molecule has 0 spiro atoms. The number of aromatic amines is 1. The lowest BCUT2D eigenvalue weighted by Crippen LogP contribution is -2.26. The number of halogens is 1. The first-order valence-corrected chi connectivity index (χ1v) is 7.14. The van der Waals surface area contributed by atoms with Gasteiger partial charge in [-0.1, -0.05) is 0 Å². The maximum Gasteiger partial charge on any atom is 0.270 e. The summed E-state index contributed by atoms with van der Waals surface area (Å²) in [6, 6.07) is 2.05. The van der Waals surface area contributed by atoms with Crippen LogP contribution in [0, 0.1) is 17.4 Å². The number of aryl methyl sites for hydroxylation is 3. The van der Waals surface area contributed by atoms with Crippen LogP contribution in [0.5, 0.6) is 0 Å². The molecule has 7 heteroatoms. The first-order valence-electron chi connectivity index (χ1n) is 6.06. The van der Waals surface area contributed by atoms with Crippen LogP contribution in [0.3, 0.4) is 0 Å². The first kappa shape index (κ1) is 14.0. The number of nitrogens with one attached hydrogen (secondary N) is 2. The average molecular weight is 373 g/mol. The summed E-state index contributed by atoms with van der Waals surface area (Å²) < 4.78 is 2.79. The van der Waals surface area contributed by atoms with Gasteiger partial charge < -0.3 is 5.32 Å². The molecule has 2 rings (SSSR count). The molecule has 0 aliphatic heterocycles. The fourth-order valence-corrected chi connectivity index (χ4v) is 2.36. The lowest BCUT2D eigenvalue weighted by atomic mass is 10.3. The molecular weight excluding hydrogens is 357 g/mol. The number of hydrogen-bond donors (Lipinski definition) is 2. The second kappa shape index (κ2) is 6.18. The summed E-state index contributed by atoms with van der Waals surface area (Å²) in [6.07, 6.45) is 2.48. The van der Waals surface area contributed by atoms with Crippen molar-refractivity contribution in [3.63, 3.8) is 0 Å². The number of carbonyl (C=O) groups excluding carboxylic acids is 1. The maximum absolute atomic E-state index is 11.8. The van der Waals surface area contributed by atoms with Crippen LogP contribution in [-0.4, -0.2) is 32.4 Å². The molecule has 0 radical (unpaired) electrons. The van der Waals surface area contributed by atoms with Crippen LogP contribution in [-0.2, 0) is 6.54 Å². The van der Waals surface area contributed by atoms with Gasteiger partial charge in [0.2, 0.25) is 0 Å². The molecule has 2 N–H and O–H groups in total. The van der Waals surface area contributed by atoms with Gasteiger partial charge in [0.15, 0.2) is 0 Å². The fraction of sp³-hybridized carbons (Fsp3) is 0.417. The second-order valence-corrected chi connectivity index (χ2v) is 5.51. The van der Waals surface area contributed by atoms with Gasteiger partial charge in [0.25, 0.3) is 5.91 Å². The van der Waals surface area contributed by atoms with Crippen molar-refractivity contribution in [3.05, 3.63) is 32.9 Å². The zero-order valence-corrected chi connectivity index (χ0v) is 13.1. The Bertz CT molecular complexity index is 574. The van der Waals surface area contributed by atoms with Gasteiger partial charge in [-0.2, -0.15) is 10.2 Å². The average Bonchev–Trinajstić information content (AvgIpc) is 2.91. The zero-order valence-electron chi connectivity index (χ0n) is 10.9. The summed E-state index contributed by atoms with van der Waals surface area (Å²) in [5.74, 6) is -0.115. The van der Waals surface area contributed by atoms with E-state index in [2.05, 4.69) is 43.2 Å². The van der Waals surface area contributed by atoms with Gasteiger partial charge in [0.05, 0.1) is 15.5 Å². The van der Waals surface area contributed by atoms with E-state index in [0.29, 0.717) is 12.2 Å². The molecule has 0 aromatic carbocycles. The third kappa shape index (κ3) is 3.55. The quantitative estimate of drug-likeness (QED) is 0.618.